The second-order valence-electron chi connectivity index (χ2n) is 15.5. The first kappa shape index (κ1) is 46.9. The molecule has 0 heterocycles. The third kappa shape index (κ3) is 12.9. The Hall–Kier alpha value is -8.18. The molecule has 0 saturated heterocycles. The maximum Gasteiger partial charge on any atom is 0.335 e. The van der Waals surface area contributed by atoms with Gasteiger partial charge in [0.2, 0.25) is 5.91 Å². The van der Waals surface area contributed by atoms with E-state index in [1.807, 2.05) is 19.9 Å². The molecule has 0 spiro atoms. The molecule has 5 rings (SSSR count). The number of aromatic hydroxyl groups is 1. The Labute approximate surface area is 369 Å². The largest absolute Gasteiger partial charge is 0.504 e. The number of carboxylic acid groups (broad SMARTS) is 1. The van der Waals surface area contributed by atoms with Gasteiger partial charge >= 0.3 is 5.97 Å². The minimum Gasteiger partial charge on any atom is -0.504 e. The Morgan fingerprint density at radius 1 is 0.750 bits per heavy atom. The summed E-state index contributed by atoms with van der Waals surface area (Å²) >= 11 is 0. The first-order valence-corrected chi connectivity index (χ1v) is 20.2. The minimum absolute atomic E-state index is 0.00135. The Kier molecular flexibility index (Phi) is 15.8. The molecule has 5 aromatic carbocycles. The van der Waals surface area contributed by atoms with E-state index in [4.69, 9.17) is 20.8 Å². The van der Waals surface area contributed by atoms with Crippen LogP contribution in [0.1, 0.15) is 96.4 Å². The number of aromatic carboxylic acids is 1. The normalized spacial score (nSPS) is 11.5. The average molecular weight is 863 g/mol. The maximum absolute atomic E-state index is 13.5. The number of amides is 3. The lowest BCUT2D eigenvalue weighted by Gasteiger charge is -2.17. The van der Waals surface area contributed by atoms with Crippen LogP contribution in [0.15, 0.2) is 115 Å². The monoisotopic (exact) mass is 862 g/mol. The number of ether oxygens (including phenoxy) is 1. The second kappa shape index (κ2) is 21.6. The third-order valence-electron chi connectivity index (χ3n) is 9.93. The van der Waals surface area contributed by atoms with E-state index in [9.17, 15) is 38.7 Å². The highest BCUT2D eigenvalue weighted by Gasteiger charge is 2.25. The Balaban J connectivity index is 1.21. The van der Waals surface area contributed by atoms with Gasteiger partial charge in [0.25, 0.3) is 11.8 Å². The highest BCUT2D eigenvalue weighted by molar-refractivity contribution is 6.07. The number of nitrogens with one attached hydrogen (secondary N) is 2. The zero-order chi connectivity index (χ0) is 46.5. The summed E-state index contributed by atoms with van der Waals surface area (Å²) < 4.78 is 5.92. The first-order valence-electron chi connectivity index (χ1n) is 20.2. The molecule has 0 fully saturated rings. The van der Waals surface area contributed by atoms with Crippen molar-refractivity contribution in [1.82, 2.24) is 5.32 Å². The summed E-state index contributed by atoms with van der Waals surface area (Å²) in [7, 11) is 0. The molecule has 0 radical (unpaired) electrons. The lowest BCUT2D eigenvalue weighted by Crippen LogP contribution is -2.44. The molecule has 1 atom stereocenters. The number of rotatable bonds is 20. The fourth-order valence-corrected chi connectivity index (χ4v) is 6.43. The van der Waals surface area contributed by atoms with Crippen molar-refractivity contribution in [2.24, 2.45) is 11.7 Å². The van der Waals surface area contributed by atoms with Crippen LogP contribution < -0.4 is 21.1 Å². The number of Topliss-reactive ketones (excluding diaryl/α,β-unsaturated/α-hetero) is 3. The van der Waals surface area contributed by atoms with E-state index in [0.717, 1.165) is 5.56 Å². The molecule has 0 aromatic heterocycles. The number of primary amides is 1. The van der Waals surface area contributed by atoms with E-state index in [1.54, 1.807) is 55.5 Å². The average Bonchev–Trinajstić information content (AvgIpc) is 3.26. The second-order valence-corrected chi connectivity index (χ2v) is 15.5. The van der Waals surface area contributed by atoms with Crippen LogP contribution in [0.4, 0.5) is 5.69 Å². The fourth-order valence-electron chi connectivity index (χ4n) is 6.43. The number of nitriles is 1. The van der Waals surface area contributed by atoms with Crippen LogP contribution in [-0.4, -0.2) is 63.9 Å². The van der Waals surface area contributed by atoms with E-state index in [-0.39, 0.29) is 71.5 Å². The van der Waals surface area contributed by atoms with Gasteiger partial charge in [-0.2, -0.15) is 5.26 Å². The molecule has 64 heavy (non-hydrogen) atoms. The van der Waals surface area contributed by atoms with Crippen molar-refractivity contribution in [3.8, 4) is 17.6 Å². The molecular weight excluding hydrogens is 817 g/mol. The number of nitrogens with two attached hydrogens (primary N) is 1. The van der Waals surface area contributed by atoms with Crippen LogP contribution in [0.5, 0.6) is 11.5 Å². The van der Waals surface area contributed by atoms with Crippen LogP contribution in [0, 0.1) is 17.2 Å². The molecule has 3 amide bonds. The number of anilines is 1. The van der Waals surface area contributed by atoms with Gasteiger partial charge in [0.1, 0.15) is 0 Å². The van der Waals surface area contributed by atoms with Crippen LogP contribution in [0.2, 0.25) is 0 Å². The lowest BCUT2D eigenvalue weighted by atomic mass is 9.95. The minimum atomic E-state index is -1.26. The number of phenolic OH excluding ortho intramolecular Hbond substituents is 1. The molecule has 5 aromatic rings. The summed E-state index contributed by atoms with van der Waals surface area (Å²) in [6, 6.07) is 28.4. The first-order chi connectivity index (χ1) is 30.5. The van der Waals surface area contributed by atoms with Crippen LogP contribution >= 0.6 is 0 Å². The van der Waals surface area contributed by atoms with E-state index in [1.165, 1.54) is 66.7 Å². The predicted molar refractivity (Wildman–Crippen MR) is 238 cm³/mol. The van der Waals surface area contributed by atoms with Crippen molar-refractivity contribution < 1.29 is 48.5 Å². The molecule has 0 bridgehead atoms. The number of benzene rings is 5. The zero-order valence-electron chi connectivity index (χ0n) is 35.3. The number of carbonyl (C=O) groups excluding carboxylic acids is 6. The van der Waals surface area contributed by atoms with E-state index >= 15 is 0 Å². The quantitative estimate of drug-likeness (QED) is 0.0408. The summed E-state index contributed by atoms with van der Waals surface area (Å²) in [6.45, 7) is 5.63. The van der Waals surface area contributed by atoms with Crippen LogP contribution in [-0.2, 0) is 33.6 Å². The van der Waals surface area contributed by atoms with Crippen LogP contribution in [0.25, 0.3) is 6.08 Å². The fraction of sp³-hybridized carbons (Fsp3) is 0.200. The van der Waals surface area contributed by atoms with E-state index in [2.05, 4.69) is 10.6 Å². The number of carboxylic acids is 1. The van der Waals surface area contributed by atoms with Gasteiger partial charge in [0.05, 0.1) is 41.8 Å². The molecular formula is C50H46N4O10. The van der Waals surface area contributed by atoms with Gasteiger partial charge in [-0.3, -0.25) is 28.8 Å². The zero-order valence-corrected chi connectivity index (χ0v) is 35.3. The summed E-state index contributed by atoms with van der Waals surface area (Å²) in [4.78, 5) is 89.3. The van der Waals surface area contributed by atoms with Gasteiger partial charge in [0.15, 0.2) is 28.8 Å². The van der Waals surface area contributed by atoms with E-state index in [0.29, 0.717) is 33.5 Å². The van der Waals surface area contributed by atoms with Crippen LogP contribution in [0.3, 0.4) is 0 Å². The van der Waals surface area contributed by atoms with Gasteiger partial charge in [-0.25, -0.2) is 4.79 Å². The summed E-state index contributed by atoms with van der Waals surface area (Å²) in [5.41, 5.74) is 9.37. The summed E-state index contributed by atoms with van der Waals surface area (Å²) in [5.74, 6) is -4.58. The van der Waals surface area contributed by atoms with Crippen molar-refractivity contribution in [2.75, 3.05) is 11.9 Å². The third-order valence-corrected chi connectivity index (χ3v) is 9.93. The highest BCUT2D eigenvalue weighted by Crippen LogP contribution is 2.36. The van der Waals surface area contributed by atoms with Gasteiger partial charge in [0, 0.05) is 47.2 Å². The van der Waals surface area contributed by atoms with Gasteiger partial charge in [-0.05, 0) is 90.2 Å². The Morgan fingerprint density at radius 3 is 1.92 bits per heavy atom. The molecule has 0 aliphatic rings. The molecule has 0 aliphatic heterocycles. The van der Waals surface area contributed by atoms with Crippen molar-refractivity contribution in [2.45, 2.75) is 52.5 Å². The number of hydrogen-bond donors (Lipinski definition) is 5. The number of ketones is 3. The standard InChI is InChI=1S/C50H46N4O10/c1-29(2)28-64-47-38(18-21-40(46(47)59)43(56)23-32-10-14-37(15-11-32)50(62)63)25-42(55)35-12-8-33(9-13-35)24-44(57)41(26-45(52)58)54-49(61)36-16-19-39(20-17-36)53-48(60)30(3)22-31-4-6-34(27-51)7-5-31/h4-22,29,41,59H,23-26,28H2,1-3H3,(H2,52,58)(H,53,60)(H,54,61)(H,62,63)/b30-22+/t41-/m0/s1. The molecule has 14 nitrogen and oxygen atoms in total. The Bertz CT molecular complexity index is 2640. The molecule has 14 heteroatoms. The number of carbonyl (C=O) groups is 7. The molecule has 6 N–H and O–H groups in total. The van der Waals surface area contributed by atoms with Gasteiger partial charge < -0.3 is 31.3 Å². The summed E-state index contributed by atoms with van der Waals surface area (Å²) in [5, 5.41) is 34.7. The van der Waals surface area contributed by atoms with Gasteiger partial charge in [-0.1, -0.05) is 68.4 Å². The lowest BCUT2D eigenvalue weighted by molar-refractivity contribution is -0.125. The van der Waals surface area contributed by atoms with E-state index < -0.39 is 47.6 Å². The van der Waals surface area contributed by atoms with Crippen molar-refractivity contribution in [1.29, 1.82) is 5.26 Å². The number of nitrogens with zero attached hydrogens (tertiary/aromatic N) is 1. The number of hydrogen-bond acceptors (Lipinski definition) is 10. The summed E-state index contributed by atoms with van der Waals surface area (Å²) in [6.07, 6.45) is 0.701. The SMILES string of the molecule is C/C(=C\c1ccc(C#N)cc1)C(=O)Nc1ccc(C(=O)N[C@@H](CC(N)=O)C(=O)Cc2ccc(C(=O)Cc3ccc(C(=O)Cc4ccc(C(=O)O)cc4)c(O)c3OCC(C)C)cc2)cc1. The van der Waals surface area contributed by atoms with Crippen molar-refractivity contribution in [3.05, 3.63) is 165 Å². The molecule has 0 saturated carbocycles. The molecule has 0 unspecified atom stereocenters. The highest BCUT2D eigenvalue weighted by atomic mass is 16.5. The topological polar surface area (TPSA) is 243 Å². The maximum atomic E-state index is 13.5. The molecule has 0 aliphatic carbocycles. The van der Waals surface area contributed by atoms with Gasteiger partial charge in [-0.15, -0.1) is 0 Å². The van der Waals surface area contributed by atoms with Crippen molar-refractivity contribution >= 4 is 52.8 Å². The predicted octanol–water partition coefficient (Wildman–Crippen LogP) is 6.68. The molecule has 326 valence electrons. The Morgan fingerprint density at radius 2 is 1.34 bits per heavy atom. The smallest absolute Gasteiger partial charge is 0.335 e. The number of phenols is 1. The van der Waals surface area contributed by atoms with Crippen molar-refractivity contribution in [3.63, 3.8) is 0 Å².